The zero-order valence-corrected chi connectivity index (χ0v) is 14.9. The quantitative estimate of drug-likeness (QED) is 0.569. The van der Waals surface area contributed by atoms with Crippen LogP contribution in [0, 0.1) is 12.3 Å². The Bertz CT molecular complexity index is 891. The number of benzene rings is 1. The molecule has 2 heterocycles. The van der Waals surface area contributed by atoms with Crippen molar-refractivity contribution in [3.05, 3.63) is 69.6 Å². The smallest absolute Gasteiger partial charge is 0.137 e. The molecular formula is C19H18Cl2N2. The number of aryl methyl sites for hydroxylation is 1. The summed E-state index contributed by atoms with van der Waals surface area (Å²) in [6.45, 7) is 6.73. The Hall–Kier alpha value is -1.51. The zero-order valence-electron chi connectivity index (χ0n) is 13.3. The number of imidazole rings is 1. The van der Waals surface area contributed by atoms with Crippen LogP contribution in [0.5, 0.6) is 0 Å². The molecule has 0 unspecified atom stereocenters. The van der Waals surface area contributed by atoms with E-state index < -0.39 is 0 Å². The van der Waals surface area contributed by atoms with Gasteiger partial charge in [0, 0.05) is 27.9 Å². The van der Waals surface area contributed by atoms with Gasteiger partial charge < -0.3 is 4.40 Å². The molecule has 2 nitrogen and oxygen atoms in total. The van der Waals surface area contributed by atoms with Crippen LogP contribution in [0.1, 0.15) is 42.6 Å². The van der Waals surface area contributed by atoms with Gasteiger partial charge in [0.15, 0.2) is 0 Å². The molecule has 1 aliphatic carbocycles. The maximum atomic E-state index is 6.20. The first-order valence-corrected chi connectivity index (χ1v) is 8.55. The number of rotatable bonds is 2. The molecule has 3 aromatic rings. The van der Waals surface area contributed by atoms with Crippen LogP contribution in [-0.2, 0) is 0 Å². The van der Waals surface area contributed by atoms with Crippen molar-refractivity contribution in [2.75, 3.05) is 0 Å². The fraction of sp³-hybridized carbons (Fsp3) is 0.316. The highest BCUT2D eigenvalue weighted by Gasteiger charge is 2.60. The SMILES string of the molecule is Cc1c([C@@H]2[C@@H](c3cc(Cl)cc(Cl)c3)C2(C)C)nc2ccccn12. The summed E-state index contributed by atoms with van der Waals surface area (Å²) in [7, 11) is 0. The molecule has 1 fully saturated rings. The lowest BCUT2D eigenvalue weighted by Crippen LogP contribution is -1.93. The van der Waals surface area contributed by atoms with Gasteiger partial charge in [-0.3, -0.25) is 0 Å². The van der Waals surface area contributed by atoms with E-state index in [2.05, 4.69) is 37.4 Å². The number of nitrogens with zero attached hydrogens (tertiary/aromatic N) is 2. The molecule has 0 saturated heterocycles. The summed E-state index contributed by atoms with van der Waals surface area (Å²) in [5.41, 5.74) is 4.76. The van der Waals surface area contributed by atoms with Crippen LogP contribution >= 0.6 is 23.2 Å². The highest BCUT2D eigenvalue weighted by Crippen LogP contribution is 2.70. The summed E-state index contributed by atoms with van der Waals surface area (Å²) in [6, 6.07) is 12.0. The van der Waals surface area contributed by atoms with Gasteiger partial charge in [0.2, 0.25) is 0 Å². The number of fused-ring (bicyclic) bond motifs is 1. The van der Waals surface area contributed by atoms with E-state index in [1.54, 1.807) is 6.07 Å². The summed E-state index contributed by atoms with van der Waals surface area (Å²) in [6.07, 6.45) is 2.07. The first kappa shape index (κ1) is 15.0. The molecule has 0 N–H and O–H groups in total. The molecule has 0 aliphatic heterocycles. The van der Waals surface area contributed by atoms with Gasteiger partial charge >= 0.3 is 0 Å². The summed E-state index contributed by atoms with van der Waals surface area (Å²) in [4.78, 5) is 4.89. The van der Waals surface area contributed by atoms with Crippen LogP contribution in [0.3, 0.4) is 0 Å². The van der Waals surface area contributed by atoms with Gasteiger partial charge in [-0.15, -0.1) is 0 Å². The van der Waals surface area contributed by atoms with E-state index in [9.17, 15) is 0 Å². The molecule has 1 aliphatic rings. The number of hydrogen-bond donors (Lipinski definition) is 0. The lowest BCUT2D eigenvalue weighted by atomic mass is 10.0. The molecule has 1 saturated carbocycles. The van der Waals surface area contributed by atoms with E-state index in [4.69, 9.17) is 28.2 Å². The summed E-state index contributed by atoms with van der Waals surface area (Å²) < 4.78 is 2.16. The molecule has 118 valence electrons. The Morgan fingerprint density at radius 3 is 2.39 bits per heavy atom. The first-order valence-electron chi connectivity index (χ1n) is 7.79. The van der Waals surface area contributed by atoms with Crippen molar-refractivity contribution in [1.29, 1.82) is 0 Å². The fourth-order valence-electron chi connectivity index (χ4n) is 3.96. The summed E-state index contributed by atoms with van der Waals surface area (Å²) in [5.74, 6) is 0.777. The minimum absolute atomic E-state index is 0.150. The second-order valence-electron chi connectivity index (χ2n) is 6.99. The van der Waals surface area contributed by atoms with Gasteiger partial charge in [0.05, 0.1) is 5.69 Å². The van der Waals surface area contributed by atoms with Crippen LogP contribution in [0.4, 0.5) is 0 Å². The van der Waals surface area contributed by atoms with E-state index in [0.717, 1.165) is 5.65 Å². The summed E-state index contributed by atoms with van der Waals surface area (Å²) >= 11 is 12.4. The highest BCUT2D eigenvalue weighted by molar-refractivity contribution is 6.34. The summed E-state index contributed by atoms with van der Waals surface area (Å²) in [5, 5.41) is 1.39. The molecule has 0 spiro atoms. The highest BCUT2D eigenvalue weighted by atomic mass is 35.5. The Labute approximate surface area is 146 Å². The Balaban J connectivity index is 1.81. The minimum Gasteiger partial charge on any atom is -0.304 e. The first-order chi connectivity index (χ1) is 10.9. The van der Waals surface area contributed by atoms with Crippen molar-refractivity contribution < 1.29 is 0 Å². The topological polar surface area (TPSA) is 17.3 Å². The third kappa shape index (κ3) is 2.28. The van der Waals surface area contributed by atoms with Crippen molar-refractivity contribution in [1.82, 2.24) is 9.38 Å². The monoisotopic (exact) mass is 344 g/mol. The predicted octanol–water partition coefficient (Wildman–Crippen LogP) is 5.86. The second-order valence-corrected chi connectivity index (χ2v) is 7.86. The zero-order chi connectivity index (χ0) is 16.4. The molecule has 23 heavy (non-hydrogen) atoms. The number of aromatic nitrogens is 2. The lowest BCUT2D eigenvalue weighted by Gasteiger charge is -2.04. The van der Waals surface area contributed by atoms with Crippen LogP contribution in [0.25, 0.3) is 5.65 Å². The molecule has 0 radical (unpaired) electrons. The number of pyridine rings is 1. The molecule has 2 atom stereocenters. The van der Waals surface area contributed by atoms with E-state index in [-0.39, 0.29) is 5.41 Å². The van der Waals surface area contributed by atoms with Gasteiger partial charge in [-0.05, 0) is 54.2 Å². The Morgan fingerprint density at radius 1 is 1.04 bits per heavy atom. The number of halogens is 2. The molecule has 4 rings (SSSR count). The van der Waals surface area contributed by atoms with Crippen molar-refractivity contribution in [2.45, 2.75) is 32.6 Å². The van der Waals surface area contributed by atoms with Gasteiger partial charge in [-0.25, -0.2) is 4.98 Å². The van der Waals surface area contributed by atoms with Gasteiger partial charge in [-0.2, -0.15) is 0 Å². The van der Waals surface area contributed by atoms with E-state index in [0.29, 0.717) is 21.9 Å². The maximum absolute atomic E-state index is 6.20. The van der Waals surface area contributed by atoms with Gasteiger partial charge in [0.1, 0.15) is 5.65 Å². The van der Waals surface area contributed by atoms with Crippen molar-refractivity contribution in [2.24, 2.45) is 5.41 Å². The van der Waals surface area contributed by atoms with E-state index in [1.165, 1.54) is 17.0 Å². The molecule has 0 bridgehead atoms. The molecule has 0 amide bonds. The van der Waals surface area contributed by atoms with Crippen molar-refractivity contribution in [3.8, 4) is 0 Å². The fourth-order valence-corrected chi connectivity index (χ4v) is 4.50. The largest absolute Gasteiger partial charge is 0.304 e. The van der Waals surface area contributed by atoms with Crippen LogP contribution in [-0.4, -0.2) is 9.38 Å². The molecule has 4 heteroatoms. The Kier molecular flexibility index (Phi) is 3.26. The van der Waals surface area contributed by atoms with Crippen molar-refractivity contribution in [3.63, 3.8) is 0 Å². The second kappa shape index (κ2) is 4.99. The predicted molar refractivity (Wildman–Crippen MR) is 95.7 cm³/mol. The van der Waals surface area contributed by atoms with E-state index >= 15 is 0 Å². The molecular weight excluding hydrogens is 327 g/mol. The van der Waals surface area contributed by atoms with Crippen LogP contribution < -0.4 is 0 Å². The van der Waals surface area contributed by atoms with Crippen molar-refractivity contribution >= 4 is 28.8 Å². The third-order valence-electron chi connectivity index (χ3n) is 5.17. The standard InChI is InChI=1S/C19H18Cl2N2/c1-11-18(22-15-6-4-5-7-23(11)15)17-16(19(17,2)3)12-8-13(20)10-14(21)9-12/h4-10,16-17H,1-3H3/t16-,17+/m1/s1. The number of hydrogen-bond acceptors (Lipinski definition) is 1. The minimum atomic E-state index is 0.150. The lowest BCUT2D eigenvalue weighted by molar-refractivity contribution is 0.597. The van der Waals surface area contributed by atoms with Crippen LogP contribution in [0.15, 0.2) is 42.6 Å². The normalized spacial score (nSPS) is 22.5. The maximum Gasteiger partial charge on any atom is 0.137 e. The van der Waals surface area contributed by atoms with Crippen LogP contribution in [0.2, 0.25) is 10.0 Å². The Morgan fingerprint density at radius 2 is 1.74 bits per heavy atom. The van der Waals surface area contributed by atoms with Gasteiger partial charge in [-0.1, -0.05) is 43.1 Å². The average Bonchev–Trinajstić information content (AvgIpc) is 2.89. The average molecular weight is 345 g/mol. The third-order valence-corrected chi connectivity index (χ3v) is 5.61. The molecule has 1 aromatic carbocycles. The van der Waals surface area contributed by atoms with E-state index in [1.807, 2.05) is 24.3 Å². The molecule has 2 aromatic heterocycles. The van der Waals surface area contributed by atoms with Gasteiger partial charge in [0.25, 0.3) is 0 Å².